The van der Waals surface area contributed by atoms with Crippen molar-refractivity contribution >= 4 is 44.9 Å². The van der Waals surface area contributed by atoms with Gasteiger partial charge in [0, 0.05) is 22.0 Å². The van der Waals surface area contributed by atoms with Crippen LogP contribution in [0, 0.1) is 20.8 Å². The summed E-state index contributed by atoms with van der Waals surface area (Å²) in [5, 5.41) is 2.50. The standard InChI is InChI=1S/C60H46BNO/c1-36(2)44-34-55-59-57(35-44)63-56-27-25-43(58-38(4)28-37(3)29-39(58)5)32-52(56)61(59)53-33-45(49-23-15-13-21-47(49)41-18-10-7-11-19-41)31-51-50-30-42(24-26-54(50)62(55)60(51)53)48-22-14-12-20-46(48)40-16-8-6-9-17-40/h6-36H,1-5H3. The number of hydrogen-bond acceptors (Lipinski definition) is 1. The van der Waals surface area contributed by atoms with Crippen LogP contribution in [0.15, 0.2) is 182 Å². The molecule has 0 saturated heterocycles. The van der Waals surface area contributed by atoms with E-state index < -0.39 is 0 Å². The molecule has 0 atom stereocenters. The van der Waals surface area contributed by atoms with E-state index in [1.165, 1.54) is 122 Å². The number of benzene rings is 9. The third-order valence-corrected chi connectivity index (χ3v) is 13.7. The molecule has 0 bridgehead atoms. The number of fused-ring (bicyclic) bond motifs is 7. The average molecular weight is 808 g/mol. The molecule has 0 fully saturated rings. The summed E-state index contributed by atoms with van der Waals surface area (Å²) in [6.45, 7) is 11.2. The number of hydrogen-bond donors (Lipinski definition) is 0. The van der Waals surface area contributed by atoms with Crippen LogP contribution in [-0.4, -0.2) is 11.3 Å². The minimum atomic E-state index is -0.0487. The maximum absolute atomic E-state index is 7.10. The number of ether oxygens (including phenoxy) is 1. The first kappa shape index (κ1) is 37.4. The van der Waals surface area contributed by atoms with Crippen LogP contribution in [0.1, 0.15) is 42.0 Å². The van der Waals surface area contributed by atoms with Crippen LogP contribution in [0.25, 0.3) is 83.1 Å². The molecule has 2 aliphatic heterocycles. The summed E-state index contributed by atoms with van der Waals surface area (Å²) in [5.74, 6) is 2.20. The molecular weight excluding hydrogens is 761 g/mol. The lowest BCUT2D eigenvalue weighted by Gasteiger charge is -2.34. The van der Waals surface area contributed by atoms with E-state index >= 15 is 0 Å². The highest BCUT2D eigenvalue weighted by atomic mass is 16.5. The summed E-state index contributed by atoms with van der Waals surface area (Å²) in [4.78, 5) is 0. The van der Waals surface area contributed by atoms with Crippen molar-refractivity contribution in [3.05, 3.63) is 204 Å². The molecule has 1 aromatic heterocycles. The van der Waals surface area contributed by atoms with Crippen LogP contribution < -0.4 is 21.1 Å². The lowest BCUT2D eigenvalue weighted by Crippen LogP contribution is -2.58. The van der Waals surface area contributed by atoms with Gasteiger partial charge in [0.05, 0.1) is 5.52 Å². The monoisotopic (exact) mass is 807 g/mol. The molecule has 0 aliphatic carbocycles. The SMILES string of the molecule is Cc1cc(C)c(-c2ccc3c(c2)B2c4c(cc(C(C)C)cc4-n4c5ccc(-c6ccccc6-c6ccccc6)cc5c5cc(-c6ccccc6-c6ccccc6)cc2c54)O3)c(C)c1. The Balaban J connectivity index is 1.19. The Labute approximate surface area is 370 Å². The highest BCUT2D eigenvalue weighted by Gasteiger charge is 2.41. The van der Waals surface area contributed by atoms with Crippen molar-refractivity contribution in [1.29, 1.82) is 0 Å². The quantitative estimate of drug-likeness (QED) is 0.153. The van der Waals surface area contributed by atoms with Crippen molar-refractivity contribution in [3.63, 3.8) is 0 Å². The molecule has 0 saturated carbocycles. The first-order valence-corrected chi connectivity index (χ1v) is 22.3. The van der Waals surface area contributed by atoms with Gasteiger partial charge in [0.2, 0.25) is 0 Å². The second-order valence-corrected chi connectivity index (χ2v) is 18.0. The lowest BCUT2D eigenvalue weighted by atomic mass is 9.34. The molecule has 0 N–H and O–H groups in total. The highest BCUT2D eigenvalue weighted by molar-refractivity contribution is 6.99. The minimum Gasteiger partial charge on any atom is -0.458 e. The van der Waals surface area contributed by atoms with E-state index in [4.69, 9.17) is 4.74 Å². The molecule has 300 valence electrons. The molecule has 0 amide bonds. The van der Waals surface area contributed by atoms with Gasteiger partial charge in [-0.05, 0) is 152 Å². The molecule has 0 unspecified atom stereocenters. The van der Waals surface area contributed by atoms with Crippen LogP contribution in [0.3, 0.4) is 0 Å². The molecule has 10 aromatic rings. The predicted octanol–water partition coefficient (Wildman–Crippen LogP) is 14.1. The Bertz CT molecular complexity index is 3460. The van der Waals surface area contributed by atoms with Gasteiger partial charge in [0.1, 0.15) is 11.5 Å². The van der Waals surface area contributed by atoms with Crippen LogP contribution in [-0.2, 0) is 0 Å². The van der Waals surface area contributed by atoms with E-state index in [0.29, 0.717) is 5.92 Å². The second kappa shape index (κ2) is 14.4. The van der Waals surface area contributed by atoms with Crippen molar-refractivity contribution in [3.8, 4) is 72.8 Å². The molecule has 3 heteroatoms. The van der Waals surface area contributed by atoms with Gasteiger partial charge in [-0.1, -0.05) is 165 Å². The molecule has 2 aliphatic rings. The van der Waals surface area contributed by atoms with Crippen molar-refractivity contribution in [2.45, 2.75) is 40.5 Å². The van der Waals surface area contributed by atoms with Gasteiger partial charge in [0.25, 0.3) is 6.71 Å². The van der Waals surface area contributed by atoms with E-state index in [1.807, 2.05) is 0 Å². The Hall–Kier alpha value is -7.36. The fourth-order valence-electron chi connectivity index (χ4n) is 11.0. The van der Waals surface area contributed by atoms with Crippen LogP contribution >= 0.6 is 0 Å². The zero-order chi connectivity index (χ0) is 42.5. The second-order valence-electron chi connectivity index (χ2n) is 18.0. The van der Waals surface area contributed by atoms with Crippen molar-refractivity contribution in [1.82, 2.24) is 4.57 Å². The van der Waals surface area contributed by atoms with Gasteiger partial charge >= 0.3 is 0 Å². The van der Waals surface area contributed by atoms with Gasteiger partial charge in [-0.15, -0.1) is 0 Å². The predicted molar refractivity (Wildman–Crippen MR) is 267 cm³/mol. The Morgan fingerprint density at radius 3 is 1.65 bits per heavy atom. The smallest absolute Gasteiger partial charge is 0.256 e. The van der Waals surface area contributed by atoms with Gasteiger partial charge in [-0.2, -0.15) is 0 Å². The van der Waals surface area contributed by atoms with E-state index in [9.17, 15) is 0 Å². The molecule has 2 nitrogen and oxygen atoms in total. The normalized spacial score (nSPS) is 12.4. The number of aromatic nitrogens is 1. The fraction of sp³-hybridized carbons (Fsp3) is 0.100. The highest BCUT2D eigenvalue weighted by Crippen LogP contribution is 2.44. The summed E-state index contributed by atoms with van der Waals surface area (Å²) in [6, 6.07) is 67.7. The first-order chi connectivity index (χ1) is 30.8. The third-order valence-electron chi connectivity index (χ3n) is 13.7. The Morgan fingerprint density at radius 1 is 0.460 bits per heavy atom. The van der Waals surface area contributed by atoms with Crippen molar-refractivity contribution < 1.29 is 4.74 Å². The molecule has 0 radical (unpaired) electrons. The van der Waals surface area contributed by atoms with Crippen LogP contribution in [0.4, 0.5) is 0 Å². The average Bonchev–Trinajstić information content (AvgIpc) is 3.64. The van der Waals surface area contributed by atoms with Gasteiger partial charge in [0.15, 0.2) is 0 Å². The number of aryl methyl sites for hydroxylation is 3. The van der Waals surface area contributed by atoms with Gasteiger partial charge in [-0.25, -0.2) is 0 Å². The summed E-state index contributed by atoms with van der Waals surface area (Å²) in [7, 11) is 0. The van der Waals surface area contributed by atoms with Crippen molar-refractivity contribution in [2.24, 2.45) is 0 Å². The topological polar surface area (TPSA) is 14.2 Å². The van der Waals surface area contributed by atoms with E-state index in [-0.39, 0.29) is 6.71 Å². The molecule has 12 rings (SSSR count). The maximum atomic E-state index is 7.10. The summed E-state index contributed by atoms with van der Waals surface area (Å²) >= 11 is 0. The fourth-order valence-corrected chi connectivity index (χ4v) is 11.0. The Kier molecular flexibility index (Phi) is 8.53. The largest absolute Gasteiger partial charge is 0.458 e. The minimum absolute atomic E-state index is 0.0487. The summed E-state index contributed by atoms with van der Waals surface area (Å²) in [6.07, 6.45) is 0. The maximum Gasteiger partial charge on any atom is 0.256 e. The van der Waals surface area contributed by atoms with E-state index in [2.05, 4.69) is 221 Å². The van der Waals surface area contributed by atoms with Gasteiger partial charge in [-0.3, -0.25) is 0 Å². The van der Waals surface area contributed by atoms with E-state index in [0.717, 1.165) is 11.5 Å². The molecule has 3 heterocycles. The van der Waals surface area contributed by atoms with Crippen molar-refractivity contribution in [2.75, 3.05) is 0 Å². The molecule has 0 spiro atoms. The van der Waals surface area contributed by atoms with E-state index in [1.54, 1.807) is 0 Å². The zero-order valence-electron chi connectivity index (χ0n) is 36.3. The number of nitrogens with zero attached hydrogens (tertiary/aromatic N) is 1. The number of rotatable bonds is 6. The zero-order valence-corrected chi connectivity index (χ0v) is 36.3. The van der Waals surface area contributed by atoms with Gasteiger partial charge < -0.3 is 9.30 Å². The molecule has 63 heavy (non-hydrogen) atoms. The first-order valence-electron chi connectivity index (χ1n) is 22.3. The molecular formula is C60H46BNO. The van der Waals surface area contributed by atoms with Crippen LogP contribution in [0.5, 0.6) is 11.5 Å². The Morgan fingerprint density at radius 2 is 1.02 bits per heavy atom. The van der Waals surface area contributed by atoms with Crippen LogP contribution in [0.2, 0.25) is 0 Å². The summed E-state index contributed by atoms with van der Waals surface area (Å²) in [5.41, 5.74) is 24.9. The third kappa shape index (κ3) is 5.87. The summed E-state index contributed by atoms with van der Waals surface area (Å²) < 4.78 is 9.66. The molecule has 9 aromatic carbocycles. The lowest BCUT2D eigenvalue weighted by molar-refractivity contribution is 0.486.